The SMILES string of the molecule is CCCCCCPCCc1ccccc1. The topological polar surface area (TPSA) is 0 Å². The third kappa shape index (κ3) is 6.68. The molecule has 1 aromatic rings. The lowest BCUT2D eigenvalue weighted by atomic mass is 10.2. The second kappa shape index (κ2) is 8.92. The Kier molecular flexibility index (Phi) is 7.56. The van der Waals surface area contributed by atoms with Gasteiger partial charge in [0.1, 0.15) is 0 Å². The Balaban J connectivity index is 1.93. The molecule has 1 atom stereocenters. The third-order valence-corrected chi connectivity index (χ3v) is 3.95. The molecule has 0 spiro atoms. The molecule has 0 radical (unpaired) electrons. The summed E-state index contributed by atoms with van der Waals surface area (Å²) in [6.45, 7) is 2.28. The van der Waals surface area contributed by atoms with E-state index in [1.54, 1.807) is 0 Å². The Morgan fingerprint density at radius 2 is 1.73 bits per heavy atom. The van der Waals surface area contributed by atoms with Crippen LogP contribution in [-0.4, -0.2) is 12.3 Å². The van der Waals surface area contributed by atoms with E-state index in [1.807, 2.05) is 0 Å². The molecule has 0 heterocycles. The summed E-state index contributed by atoms with van der Waals surface area (Å²) in [5.74, 6) is 0. The number of hydrogen-bond donors (Lipinski definition) is 0. The minimum atomic E-state index is 1.17. The Labute approximate surface area is 96.3 Å². The quantitative estimate of drug-likeness (QED) is 0.449. The van der Waals surface area contributed by atoms with Gasteiger partial charge in [-0.2, -0.15) is 0 Å². The Morgan fingerprint density at radius 3 is 2.47 bits per heavy atom. The van der Waals surface area contributed by atoms with E-state index in [0.717, 1.165) is 0 Å². The van der Waals surface area contributed by atoms with Gasteiger partial charge >= 0.3 is 0 Å². The molecule has 84 valence electrons. The first-order chi connectivity index (χ1) is 7.43. The van der Waals surface area contributed by atoms with E-state index in [1.165, 1.54) is 58.6 Å². The second-order valence-corrected chi connectivity index (χ2v) is 5.55. The molecule has 1 heteroatoms. The molecule has 1 unspecified atom stereocenters. The van der Waals surface area contributed by atoms with Crippen LogP contribution in [0, 0.1) is 0 Å². The largest absolute Gasteiger partial charge is 0.122 e. The van der Waals surface area contributed by atoms with Gasteiger partial charge in [-0.25, -0.2) is 0 Å². The van der Waals surface area contributed by atoms with Gasteiger partial charge in [-0.15, -0.1) is 8.58 Å². The van der Waals surface area contributed by atoms with Crippen molar-refractivity contribution in [3.63, 3.8) is 0 Å². The highest BCUT2D eigenvalue weighted by Crippen LogP contribution is 2.16. The van der Waals surface area contributed by atoms with E-state index < -0.39 is 0 Å². The fourth-order valence-electron chi connectivity index (χ4n) is 1.68. The molecular weight excluding hydrogens is 199 g/mol. The molecule has 0 aromatic heterocycles. The molecule has 0 aliphatic heterocycles. The molecule has 0 saturated carbocycles. The number of rotatable bonds is 8. The van der Waals surface area contributed by atoms with Crippen molar-refractivity contribution in [2.24, 2.45) is 0 Å². The summed E-state index contributed by atoms with van der Waals surface area (Å²) in [7, 11) is 1.17. The van der Waals surface area contributed by atoms with Crippen LogP contribution in [0.2, 0.25) is 0 Å². The van der Waals surface area contributed by atoms with E-state index in [-0.39, 0.29) is 0 Å². The van der Waals surface area contributed by atoms with Crippen LogP contribution in [0.15, 0.2) is 30.3 Å². The maximum atomic E-state index is 2.28. The number of benzene rings is 1. The van der Waals surface area contributed by atoms with Gasteiger partial charge in [-0.05, 0) is 30.7 Å². The first kappa shape index (κ1) is 12.7. The molecule has 0 aliphatic rings. The molecule has 0 amide bonds. The molecule has 0 fully saturated rings. The summed E-state index contributed by atoms with van der Waals surface area (Å²) < 4.78 is 0. The molecule has 1 aromatic carbocycles. The van der Waals surface area contributed by atoms with Crippen LogP contribution in [-0.2, 0) is 6.42 Å². The minimum Gasteiger partial charge on any atom is -0.122 e. The number of aryl methyl sites for hydroxylation is 1. The van der Waals surface area contributed by atoms with Crippen LogP contribution in [0.5, 0.6) is 0 Å². The van der Waals surface area contributed by atoms with Crippen molar-refractivity contribution in [1.29, 1.82) is 0 Å². The molecule has 0 N–H and O–H groups in total. The molecule has 0 saturated heterocycles. The smallest absolute Gasteiger partial charge is 0.0242 e. The van der Waals surface area contributed by atoms with Gasteiger partial charge < -0.3 is 0 Å². The van der Waals surface area contributed by atoms with E-state index in [0.29, 0.717) is 0 Å². The first-order valence-corrected chi connectivity index (χ1v) is 7.59. The van der Waals surface area contributed by atoms with Crippen LogP contribution >= 0.6 is 8.58 Å². The van der Waals surface area contributed by atoms with E-state index in [9.17, 15) is 0 Å². The Bertz CT molecular complexity index is 230. The van der Waals surface area contributed by atoms with Gasteiger partial charge in [0, 0.05) is 0 Å². The van der Waals surface area contributed by atoms with Crippen LogP contribution in [0.1, 0.15) is 38.2 Å². The summed E-state index contributed by atoms with van der Waals surface area (Å²) in [6.07, 6.45) is 9.77. The van der Waals surface area contributed by atoms with Crippen LogP contribution in [0.4, 0.5) is 0 Å². The molecule has 0 nitrogen and oxygen atoms in total. The number of unbranched alkanes of at least 4 members (excludes halogenated alkanes) is 3. The zero-order valence-corrected chi connectivity index (χ0v) is 10.8. The maximum absolute atomic E-state index is 2.28. The molecule has 0 aliphatic carbocycles. The lowest BCUT2D eigenvalue weighted by molar-refractivity contribution is 0.705. The fraction of sp³-hybridized carbons (Fsp3) is 0.571. The average Bonchev–Trinajstić information content (AvgIpc) is 2.29. The zero-order chi connectivity index (χ0) is 10.8. The molecule has 15 heavy (non-hydrogen) atoms. The van der Waals surface area contributed by atoms with Crippen LogP contribution in [0.3, 0.4) is 0 Å². The lowest BCUT2D eigenvalue weighted by Gasteiger charge is -2.02. The van der Waals surface area contributed by atoms with Crippen molar-refractivity contribution < 1.29 is 0 Å². The van der Waals surface area contributed by atoms with Crippen molar-refractivity contribution in [3.05, 3.63) is 35.9 Å². The van der Waals surface area contributed by atoms with E-state index in [2.05, 4.69) is 37.3 Å². The first-order valence-electron chi connectivity index (χ1n) is 6.18. The fourth-order valence-corrected chi connectivity index (χ4v) is 2.89. The zero-order valence-electron chi connectivity index (χ0n) is 9.84. The van der Waals surface area contributed by atoms with Gasteiger partial charge in [0.25, 0.3) is 0 Å². The monoisotopic (exact) mass is 222 g/mol. The molecule has 0 bridgehead atoms. The molecular formula is C14H23P. The highest BCUT2D eigenvalue weighted by Gasteiger charge is 1.92. The van der Waals surface area contributed by atoms with Gasteiger partial charge in [0.15, 0.2) is 0 Å². The molecule has 1 rings (SSSR count). The predicted molar refractivity (Wildman–Crippen MR) is 72.3 cm³/mol. The summed E-state index contributed by atoms with van der Waals surface area (Å²) in [6, 6.07) is 10.8. The van der Waals surface area contributed by atoms with Gasteiger partial charge in [0.05, 0.1) is 0 Å². The Hall–Kier alpha value is -0.350. The predicted octanol–water partition coefficient (Wildman–Crippen LogP) is 4.49. The van der Waals surface area contributed by atoms with E-state index >= 15 is 0 Å². The summed E-state index contributed by atoms with van der Waals surface area (Å²) >= 11 is 0. The summed E-state index contributed by atoms with van der Waals surface area (Å²) in [5.41, 5.74) is 1.50. The van der Waals surface area contributed by atoms with Crippen LogP contribution in [0.25, 0.3) is 0 Å². The third-order valence-electron chi connectivity index (χ3n) is 2.64. The Morgan fingerprint density at radius 1 is 0.933 bits per heavy atom. The van der Waals surface area contributed by atoms with Crippen molar-refractivity contribution in [2.45, 2.75) is 39.0 Å². The van der Waals surface area contributed by atoms with Gasteiger partial charge in [-0.3, -0.25) is 0 Å². The van der Waals surface area contributed by atoms with Crippen molar-refractivity contribution in [2.75, 3.05) is 12.3 Å². The normalized spacial score (nSPS) is 11.3. The lowest BCUT2D eigenvalue weighted by Crippen LogP contribution is -1.88. The summed E-state index contributed by atoms with van der Waals surface area (Å²) in [4.78, 5) is 0. The highest BCUT2D eigenvalue weighted by molar-refractivity contribution is 7.37. The highest BCUT2D eigenvalue weighted by atomic mass is 31.1. The van der Waals surface area contributed by atoms with Crippen molar-refractivity contribution in [3.8, 4) is 0 Å². The van der Waals surface area contributed by atoms with Gasteiger partial charge in [-0.1, -0.05) is 56.5 Å². The van der Waals surface area contributed by atoms with E-state index in [4.69, 9.17) is 0 Å². The van der Waals surface area contributed by atoms with Crippen molar-refractivity contribution >= 4 is 8.58 Å². The standard InChI is InChI=1S/C14H23P/c1-2-3-4-8-12-15-13-11-14-9-6-5-7-10-14/h5-7,9-10,15H,2-4,8,11-13H2,1H3. The van der Waals surface area contributed by atoms with Crippen LogP contribution < -0.4 is 0 Å². The van der Waals surface area contributed by atoms with Crippen molar-refractivity contribution in [1.82, 2.24) is 0 Å². The van der Waals surface area contributed by atoms with Gasteiger partial charge in [0.2, 0.25) is 0 Å². The maximum Gasteiger partial charge on any atom is -0.0242 e. The minimum absolute atomic E-state index is 1.17. The average molecular weight is 222 g/mol. The summed E-state index contributed by atoms with van der Waals surface area (Å²) in [5, 5.41) is 0. The second-order valence-electron chi connectivity index (χ2n) is 4.05. The number of hydrogen-bond acceptors (Lipinski definition) is 0.